The van der Waals surface area contributed by atoms with Crippen LogP contribution in [0.2, 0.25) is 0 Å². The van der Waals surface area contributed by atoms with Gasteiger partial charge in [0.25, 0.3) is 0 Å². The van der Waals surface area contributed by atoms with Gasteiger partial charge in [-0.05, 0) is 24.7 Å². The van der Waals surface area contributed by atoms with E-state index in [9.17, 15) is 13.2 Å². The second kappa shape index (κ2) is 6.09. The van der Waals surface area contributed by atoms with Gasteiger partial charge in [-0.1, -0.05) is 12.1 Å². The Morgan fingerprint density at radius 1 is 1.20 bits per heavy atom. The van der Waals surface area contributed by atoms with Gasteiger partial charge in [0, 0.05) is 31.9 Å². The Labute approximate surface area is 115 Å². The minimum absolute atomic E-state index is 0.523. The Kier molecular flexibility index (Phi) is 4.44. The summed E-state index contributed by atoms with van der Waals surface area (Å²) in [6.45, 7) is 1.60. The lowest BCUT2D eigenvalue weighted by Gasteiger charge is -2.09. The molecule has 0 amide bonds. The number of benzene rings is 1. The molecule has 0 aliphatic rings. The molecule has 2 rings (SSSR count). The summed E-state index contributed by atoms with van der Waals surface area (Å²) in [5, 5.41) is 3.05. The van der Waals surface area contributed by atoms with Crippen molar-refractivity contribution in [1.29, 1.82) is 0 Å². The smallest absolute Gasteiger partial charge is 0.333 e. The van der Waals surface area contributed by atoms with Crippen LogP contribution in [-0.2, 0) is 19.1 Å². The monoisotopic (exact) mass is 283 g/mol. The Hall–Kier alpha value is -1.82. The molecule has 2 aromatic rings. The standard InChI is InChI=1S/C14H16F3N3/c1-18-6-8-20-9-7-19-13(20)10-11-2-4-12(5-3-11)14(15,16)17/h2-5,7,9,18H,6,8,10H2,1H3. The molecular formula is C14H16F3N3. The Morgan fingerprint density at radius 2 is 1.90 bits per heavy atom. The molecule has 1 N–H and O–H groups in total. The van der Waals surface area contributed by atoms with E-state index in [0.29, 0.717) is 6.42 Å². The number of imidazole rings is 1. The molecule has 0 aliphatic carbocycles. The van der Waals surface area contributed by atoms with Crippen LogP contribution in [0.3, 0.4) is 0 Å². The summed E-state index contributed by atoms with van der Waals surface area (Å²) in [4.78, 5) is 4.25. The normalized spacial score (nSPS) is 11.8. The molecule has 0 bridgehead atoms. The molecule has 0 unspecified atom stereocenters. The van der Waals surface area contributed by atoms with Gasteiger partial charge in [-0.15, -0.1) is 0 Å². The molecule has 108 valence electrons. The van der Waals surface area contributed by atoms with Crippen LogP contribution in [0.15, 0.2) is 36.7 Å². The van der Waals surface area contributed by atoms with Crippen LogP contribution in [0, 0.1) is 0 Å². The van der Waals surface area contributed by atoms with Gasteiger partial charge in [0.15, 0.2) is 0 Å². The van der Waals surface area contributed by atoms with E-state index in [0.717, 1.165) is 36.6 Å². The first-order valence-electron chi connectivity index (χ1n) is 6.31. The first-order valence-corrected chi connectivity index (χ1v) is 6.31. The summed E-state index contributed by atoms with van der Waals surface area (Å²) in [5.41, 5.74) is 0.190. The molecule has 0 radical (unpaired) electrons. The van der Waals surface area contributed by atoms with Crippen molar-refractivity contribution in [2.24, 2.45) is 0 Å². The predicted octanol–water partition coefficient (Wildman–Crippen LogP) is 2.71. The highest BCUT2D eigenvalue weighted by Crippen LogP contribution is 2.29. The van der Waals surface area contributed by atoms with E-state index in [4.69, 9.17) is 0 Å². The molecule has 3 nitrogen and oxygen atoms in total. The zero-order valence-corrected chi connectivity index (χ0v) is 11.1. The molecule has 1 heterocycles. The van der Waals surface area contributed by atoms with E-state index in [-0.39, 0.29) is 0 Å². The third-order valence-electron chi connectivity index (χ3n) is 3.05. The van der Waals surface area contributed by atoms with Crippen molar-refractivity contribution in [2.75, 3.05) is 13.6 Å². The van der Waals surface area contributed by atoms with Gasteiger partial charge in [0.05, 0.1) is 5.56 Å². The molecule has 0 fully saturated rings. The highest BCUT2D eigenvalue weighted by molar-refractivity contribution is 5.26. The van der Waals surface area contributed by atoms with E-state index < -0.39 is 11.7 Å². The third kappa shape index (κ3) is 3.60. The Balaban J connectivity index is 2.09. The number of rotatable bonds is 5. The van der Waals surface area contributed by atoms with Crippen LogP contribution in [0.5, 0.6) is 0 Å². The number of aromatic nitrogens is 2. The quantitative estimate of drug-likeness (QED) is 0.914. The zero-order chi connectivity index (χ0) is 14.6. The average Bonchev–Trinajstić information content (AvgIpc) is 2.83. The zero-order valence-electron chi connectivity index (χ0n) is 11.1. The maximum Gasteiger partial charge on any atom is 0.416 e. The van der Waals surface area contributed by atoms with Crippen molar-refractivity contribution >= 4 is 0 Å². The highest BCUT2D eigenvalue weighted by Gasteiger charge is 2.29. The topological polar surface area (TPSA) is 29.9 Å². The van der Waals surface area contributed by atoms with E-state index in [1.807, 2.05) is 17.8 Å². The molecule has 1 aromatic heterocycles. The van der Waals surface area contributed by atoms with Crippen molar-refractivity contribution in [1.82, 2.24) is 14.9 Å². The van der Waals surface area contributed by atoms with Gasteiger partial charge in [-0.3, -0.25) is 0 Å². The lowest BCUT2D eigenvalue weighted by molar-refractivity contribution is -0.137. The summed E-state index contributed by atoms with van der Waals surface area (Å²) >= 11 is 0. The second-order valence-electron chi connectivity index (χ2n) is 4.51. The molecule has 0 aliphatic heterocycles. The van der Waals surface area contributed by atoms with Crippen LogP contribution >= 0.6 is 0 Å². The number of likely N-dealkylation sites (N-methyl/N-ethyl adjacent to an activating group) is 1. The van der Waals surface area contributed by atoms with Gasteiger partial charge in [0.2, 0.25) is 0 Å². The minimum Gasteiger partial charge on any atom is -0.333 e. The summed E-state index contributed by atoms with van der Waals surface area (Å²) in [6.07, 6.45) is -0.190. The van der Waals surface area contributed by atoms with Gasteiger partial charge >= 0.3 is 6.18 Å². The highest BCUT2D eigenvalue weighted by atomic mass is 19.4. The summed E-state index contributed by atoms with van der Waals surface area (Å²) in [7, 11) is 1.87. The van der Waals surface area contributed by atoms with Gasteiger partial charge in [0.1, 0.15) is 5.82 Å². The van der Waals surface area contributed by atoms with Crippen LogP contribution in [0.25, 0.3) is 0 Å². The summed E-state index contributed by atoms with van der Waals surface area (Å²) in [5.74, 6) is 0.847. The second-order valence-corrected chi connectivity index (χ2v) is 4.51. The van der Waals surface area contributed by atoms with E-state index >= 15 is 0 Å². The van der Waals surface area contributed by atoms with Crippen LogP contribution in [-0.4, -0.2) is 23.1 Å². The maximum absolute atomic E-state index is 12.5. The minimum atomic E-state index is -4.29. The van der Waals surface area contributed by atoms with Gasteiger partial charge in [-0.25, -0.2) is 4.98 Å². The maximum atomic E-state index is 12.5. The fourth-order valence-corrected chi connectivity index (χ4v) is 1.94. The first kappa shape index (κ1) is 14.6. The molecule has 0 spiro atoms. The summed E-state index contributed by atoms with van der Waals surface area (Å²) < 4.78 is 39.4. The van der Waals surface area contributed by atoms with Crippen molar-refractivity contribution in [2.45, 2.75) is 19.1 Å². The summed E-state index contributed by atoms with van der Waals surface area (Å²) in [6, 6.07) is 5.21. The molecule has 20 heavy (non-hydrogen) atoms. The molecule has 6 heteroatoms. The molecule has 0 atom stereocenters. The van der Waals surface area contributed by atoms with Crippen molar-refractivity contribution in [3.63, 3.8) is 0 Å². The Morgan fingerprint density at radius 3 is 2.50 bits per heavy atom. The van der Waals surface area contributed by atoms with Gasteiger partial charge in [-0.2, -0.15) is 13.2 Å². The van der Waals surface area contributed by atoms with Crippen molar-refractivity contribution in [3.05, 3.63) is 53.6 Å². The first-order chi connectivity index (χ1) is 9.50. The third-order valence-corrected chi connectivity index (χ3v) is 3.05. The van der Waals surface area contributed by atoms with Gasteiger partial charge < -0.3 is 9.88 Å². The van der Waals surface area contributed by atoms with Crippen LogP contribution in [0.4, 0.5) is 13.2 Å². The molecule has 0 saturated heterocycles. The van der Waals surface area contributed by atoms with E-state index in [2.05, 4.69) is 10.3 Å². The number of hydrogen-bond acceptors (Lipinski definition) is 2. The SMILES string of the molecule is CNCCn1ccnc1Cc1ccc(C(F)(F)F)cc1. The van der Waals surface area contributed by atoms with Crippen LogP contribution < -0.4 is 5.32 Å². The molecule has 1 aromatic carbocycles. The number of hydrogen-bond donors (Lipinski definition) is 1. The molecule has 0 saturated carbocycles. The molecular weight excluding hydrogens is 267 g/mol. The average molecular weight is 283 g/mol. The van der Waals surface area contributed by atoms with E-state index in [1.54, 1.807) is 6.20 Å². The van der Waals surface area contributed by atoms with Crippen molar-refractivity contribution < 1.29 is 13.2 Å². The number of nitrogens with one attached hydrogen (secondary N) is 1. The Bertz CT molecular complexity index is 544. The van der Waals surface area contributed by atoms with Crippen LogP contribution in [0.1, 0.15) is 17.0 Å². The lowest BCUT2D eigenvalue weighted by Crippen LogP contribution is -2.16. The number of halogens is 3. The largest absolute Gasteiger partial charge is 0.416 e. The predicted molar refractivity (Wildman–Crippen MR) is 70.4 cm³/mol. The fourth-order valence-electron chi connectivity index (χ4n) is 1.94. The van der Waals surface area contributed by atoms with Crippen molar-refractivity contribution in [3.8, 4) is 0 Å². The van der Waals surface area contributed by atoms with E-state index in [1.165, 1.54) is 12.1 Å². The number of alkyl halides is 3. The number of nitrogens with zero attached hydrogens (tertiary/aromatic N) is 2. The fraction of sp³-hybridized carbons (Fsp3) is 0.357. The lowest BCUT2D eigenvalue weighted by atomic mass is 10.1.